The van der Waals surface area contributed by atoms with Crippen LogP contribution in [0.2, 0.25) is 0 Å². The zero-order valence-corrected chi connectivity index (χ0v) is 9.31. The molecule has 0 radical (unpaired) electrons. The fourth-order valence-corrected chi connectivity index (χ4v) is 1.37. The molecule has 3 nitrogen and oxygen atoms in total. The lowest BCUT2D eigenvalue weighted by molar-refractivity contribution is 1.43. The van der Waals surface area contributed by atoms with Gasteiger partial charge in [-0.05, 0) is 34.9 Å². The lowest BCUT2D eigenvalue weighted by Gasteiger charge is -1.99. The zero-order valence-electron chi connectivity index (χ0n) is 9.31. The van der Waals surface area contributed by atoms with Crippen molar-refractivity contribution in [3.8, 4) is 0 Å². The van der Waals surface area contributed by atoms with Crippen molar-refractivity contribution >= 4 is 18.6 Å². The molecule has 0 N–H and O–H groups in total. The number of hydrogen-bond acceptors (Lipinski definition) is 3. The number of nitrogens with zero attached hydrogens (tertiary/aromatic N) is 3. The van der Waals surface area contributed by atoms with Gasteiger partial charge in [0.2, 0.25) is 0 Å². The van der Waals surface area contributed by atoms with Crippen LogP contribution in [-0.4, -0.2) is 39.8 Å². The SMILES string of the molecule is CN=Cc1cc(C=NC)cc(C=NC)c1. The molecular formula is C12H15N3. The molecule has 0 fully saturated rings. The van der Waals surface area contributed by atoms with Gasteiger partial charge in [0.15, 0.2) is 0 Å². The molecule has 0 aliphatic rings. The molecule has 0 atom stereocenters. The number of aliphatic imine (C=N–C) groups is 3. The van der Waals surface area contributed by atoms with Crippen LogP contribution in [0.25, 0.3) is 0 Å². The van der Waals surface area contributed by atoms with E-state index in [1.807, 2.05) is 36.8 Å². The van der Waals surface area contributed by atoms with Gasteiger partial charge in [0.1, 0.15) is 0 Å². The van der Waals surface area contributed by atoms with E-state index in [1.54, 1.807) is 21.1 Å². The van der Waals surface area contributed by atoms with E-state index in [-0.39, 0.29) is 0 Å². The summed E-state index contributed by atoms with van der Waals surface area (Å²) in [5.41, 5.74) is 3.18. The monoisotopic (exact) mass is 201 g/mol. The largest absolute Gasteiger partial charge is 0.296 e. The first-order valence-corrected chi connectivity index (χ1v) is 4.71. The second-order valence-corrected chi connectivity index (χ2v) is 3.09. The Morgan fingerprint density at radius 3 is 1.13 bits per heavy atom. The molecule has 1 aromatic carbocycles. The van der Waals surface area contributed by atoms with E-state index in [4.69, 9.17) is 0 Å². The zero-order chi connectivity index (χ0) is 11.1. The summed E-state index contributed by atoms with van der Waals surface area (Å²) in [5.74, 6) is 0. The molecule has 0 unspecified atom stereocenters. The standard InChI is InChI=1S/C12H15N3/c1-13-7-10-4-11(8-14-2)6-12(5-10)9-15-3/h4-9H,1-3H3. The van der Waals surface area contributed by atoms with Crippen LogP contribution in [0, 0.1) is 0 Å². The summed E-state index contributed by atoms with van der Waals surface area (Å²) in [7, 11) is 5.27. The van der Waals surface area contributed by atoms with Gasteiger partial charge >= 0.3 is 0 Å². The van der Waals surface area contributed by atoms with Crippen molar-refractivity contribution in [2.75, 3.05) is 21.1 Å². The minimum atomic E-state index is 1.06. The van der Waals surface area contributed by atoms with Crippen LogP contribution < -0.4 is 0 Å². The van der Waals surface area contributed by atoms with Gasteiger partial charge in [-0.1, -0.05) is 0 Å². The summed E-state index contributed by atoms with van der Waals surface area (Å²) in [6.07, 6.45) is 5.46. The minimum Gasteiger partial charge on any atom is -0.296 e. The molecule has 1 aromatic rings. The third-order valence-corrected chi connectivity index (χ3v) is 1.83. The Hall–Kier alpha value is -1.77. The van der Waals surface area contributed by atoms with Crippen LogP contribution in [0.15, 0.2) is 33.2 Å². The molecule has 15 heavy (non-hydrogen) atoms. The van der Waals surface area contributed by atoms with Crippen molar-refractivity contribution in [3.63, 3.8) is 0 Å². The number of hydrogen-bond donors (Lipinski definition) is 0. The van der Waals surface area contributed by atoms with Crippen LogP contribution in [0.4, 0.5) is 0 Å². The Morgan fingerprint density at radius 1 is 0.667 bits per heavy atom. The fourth-order valence-electron chi connectivity index (χ4n) is 1.37. The van der Waals surface area contributed by atoms with Crippen LogP contribution in [0.1, 0.15) is 16.7 Å². The topological polar surface area (TPSA) is 37.1 Å². The first-order valence-electron chi connectivity index (χ1n) is 4.71. The molecule has 0 aliphatic carbocycles. The third-order valence-electron chi connectivity index (χ3n) is 1.83. The third kappa shape index (κ3) is 3.46. The highest BCUT2D eigenvalue weighted by molar-refractivity contribution is 5.91. The Balaban J connectivity index is 3.19. The second kappa shape index (κ2) is 5.86. The highest BCUT2D eigenvalue weighted by atomic mass is 14.6. The molecule has 0 saturated carbocycles. The molecule has 78 valence electrons. The molecule has 0 spiro atoms. The van der Waals surface area contributed by atoms with Gasteiger partial charge < -0.3 is 0 Å². The van der Waals surface area contributed by atoms with E-state index in [0.29, 0.717) is 0 Å². The van der Waals surface area contributed by atoms with E-state index in [0.717, 1.165) is 16.7 Å². The average Bonchev–Trinajstić information content (AvgIpc) is 2.19. The summed E-state index contributed by atoms with van der Waals surface area (Å²) >= 11 is 0. The number of benzene rings is 1. The van der Waals surface area contributed by atoms with Gasteiger partial charge in [0.25, 0.3) is 0 Å². The van der Waals surface area contributed by atoms with Crippen molar-refractivity contribution in [1.82, 2.24) is 0 Å². The quantitative estimate of drug-likeness (QED) is 0.669. The lowest BCUT2D eigenvalue weighted by Crippen LogP contribution is -1.91. The molecular weight excluding hydrogens is 186 g/mol. The van der Waals surface area contributed by atoms with Crippen molar-refractivity contribution in [2.24, 2.45) is 15.0 Å². The maximum atomic E-state index is 3.99. The summed E-state index contributed by atoms with van der Waals surface area (Å²) in [6, 6.07) is 6.10. The van der Waals surface area contributed by atoms with E-state index in [9.17, 15) is 0 Å². The van der Waals surface area contributed by atoms with Crippen molar-refractivity contribution in [2.45, 2.75) is 0 Å². The van der Waals surface area contributed by atoms with Gasteiger partial charge in [-0.3, -0.25) is 15.0 Å². The van der Waals surface area contributed by atoms with Crippen molar-refractivity contribution in [3.05, 3.63) is 34.9 Å². The average molecular weight is 201 g/mol. The molecule has 0 aliphatic heterocycles. The molecule has 1 rings (SSSR count). The van der Waals surface area contributed by atoms with Gasteiger partial charge in [0.05, 0.1) is 0 Å². The van der Waals surface area contributed by atoms with Gasteiger partial charge in [-0.15, -0.1) is 0 Å². The predicted molar refractivity (Wildman–Crippen MR) is 67.0 cm³/mol. The smallest absolute Gasteiger partial charge is 0.0281 e. The molecule has 0 saturated heterocycles. The highest BCUT2D eigenvalue weighted by Gasteiger charge is 1.95. The van der Waals surface area contributed by atoms with Crippen molar-refractivity contribution < 1.29 is 0 Å². The Bertz CT molecular complexity index is 329. The maximum Gasteiger partial charge on any atom is 0.0281 e. The highest BCUT2D eigenvalue weighted by Crippen LogP contribution is 2.06. The fraction of sp³-hybridized carbons (Fsp3) is 0.250. The van der Waals surface area contributed by atoms with Gasteiger partial charge in [-0.25, -0.2) is 0 Å². The molecule has 0 heterocycles. The van der Waals surface area contributed by atoms with Crippen LogP contribution in [0.3, 0.4) is 0 Å². The van der Waals surface area contributed by atoms with E-state index >= 15 is 0 Å². The molecule has 0 bridgehead atoms. The Morgan fingerprint density at radius 2 is 0.933 bits per heavy atom. The summed E-state index contributed by atoms with van der Waals surface area (Å²) in [5, 5.41) is 0. The first-order chi connectivity index (χ1) is 7.30. The van der Waals surface area contributed by atoms with E-state index in [1.165, 1.54) is 0 Å². The van der Waals surface area contributed by atoms with E-state index < -0.39 is 0 Å². The molecule has 0 aromatic heterocycles. The van der Waals surface area contributed by atoms with E-state index in [2.05, 4.69) is 15.0 Å². The second-order valence-electron chi connectivity index (χ2n) is 3.09. The molecule has 0 amide bonds. The van der Waals surface area contributed by atoms with Crippen LogP contribution in [0.5, 0.6) is 0 Å². The Labute approximate surface area is 90.3 Å². The number of rotatable bonds is 3. The summed E-state index contributed by atoms with van der Waals surface area (Å²) in [4.78, 5) is 12.0. The Kier molecular flexibility index (Phi) is 4.41. The van der Waals surface area contributed by atoms with Crippen LogP contribution in [-0.2, 0) is 0 Å². The minimum absolute atomic E-state index is 1.06. The van der Waals surface area contributed by atoms with Gasteiger partial charge in [-0.2, -0.15) is 0 Å². The predicted octanol–water partition coefficient (Wildman–Crippen LogP) is 1.83. The molecule has 3 heteroatoms. The maximum absolute atomic E-state index is 3.99. The summed E-state index contributed by atoms with van der Waals surface area (Å²) in [6.45, 7) is 0. The normalized spacial score (nSPS) is 12.2. The first kappa shape index (κ1) is 11.3. The van der Waals surface area contributed by atoms with Crippen molar-refractivity contribution in [1.29, 1.82) is 0 Å². The lowest BCUT2D eigenvalue weighted by atomic mass is 10.1. The van der Waals surface area contributed by atoms with Gasteiger partial charge in [0, 0.05) is 39.8 Å². The van der Waals surface area contributed by atoms with Crippen LogP contribution >= 0.6 is 0 Å². The summed E-state index contributed by atoms with van der Waals surface area (Å²) < 4.78 is 0.